The van der Waals surface area contributed by atoms with E-state index in [4.69, 9.17) is 0 Å². The molecule has 0 aliphatic carbocycles. The molecule has 17 heavy (non-hydrogen) atoms. The summed E-state index contributed by atoms with van der Waals surface area (Å²) in [4.78, 5) is 8.22. The number of nitrogens with one attached hydrogen (secondary N) is 1. The number of aryl methyl sites for hydroxylation is 1. The summed E-state index contributed by atoms with van der Waals surface area (Å²) in [5.41, 5.74) is 2.01. The van der Waals surface area contributed by atoms with Crippen LogP contribution in [0.1, 0.15) is 24.4 Å². The van der Waals surface area contributed by atoms with Crippen LogP contribution in [0, 0.1) is 0 Å². The van der Waals surface area contributed by atoms with E-state index >= 15 is 0 Å². The van der Waals surface area contributed by atoms with Crippen LogP contribution in [0.5, 0.6) is 0 Å². The lowest BCUT2D eigenvalue weighted by Crippen LogP contribution is -2.22. The highest BCUT2D eigenvalue weighted by Crippen LogP contribution is 2.26. The molecule has 0 aliphatic rings. The number of aromatic nitrogens is 4. The van der Waals surface area contributed by atoms with Crippen molar-refractivity contribution < 1.29 is 0 Å². The van der Waals surface area contributed by atoms with Crippen LogP contribution in [0.15, 0.2) is 29.3 Å². The van der Waals surface area contributed by atoms with Crippen LogP contribution in [-0.4, -0.2) is 26.8 Å². The summed E-state index contributed by atoms with van der Waals surface area (Å²) in [7, 11) is 1.91. The molecule has 0 saturated carbocycles. The number of hydrogen-bond donors (Lipinski definition) is 1. The minimum atomic E-state index is 0.00910. The Morgan fingerprint density at radius 1 is 1.53 bits per heavy atom. The van der Waals surface area contributed by atoms with Gasteiger partial charge in [-0.15, -0.1) is 0 Å². The lowest BCUT2D eigenvalue weighted by molar-refractivity contribution is 0.553. The van der Waals surface area contributed by atoms with Crippen molar-refractivity contribution in [3.05, 3.63) is 40.6 Å². The molecule has 0 fully saturated rings. The molecule has 6 heteroatoms. The minimum Gasteiger partial charge on any atom is -0.307 e. The molecule has 0 saturated heterocycles. The third-order valence-electron chi connectivity index (χ3n) is 2.60. The summed E-state index contributed by atoms with van der Waals surface area (Å²) in [5, 5.41) is 7.57. The fourth-order valence-corrected chi connectivity index (χ4v) is 2.33. The van der Waals surface area contributed by atoms with Gasteiger partial charge >= 0.3 is 0 Å². The molecule has 1 N–H and O–H groups in total. The van der Waals surface area contributed by atoms with Crippen molar-refractivity contribution in [3.63, 3.8) is 0 Å². The fraction of sp³-hybridized carbons (Fsp3) is 0.364. The molecule has 2 aromatic rings. The zero-order chi connectivity index (χ0) is 12.3. The van der Waals surface area contributed by atoms with Gasteiger partial charge in [0.1, 0.15) is 6.33 Å². The van der Waals surface area contributed by atoms with Gasteiger partial charge in [0.15, 0.2) is 0 Å². The van der Waals surface area contributed by atoms with Crippen molar-refractivity contribution in [3.8, 4) is 0 Å². The van der Waals surface area contributed by atoms with Crippen molar-refractivity contribution in [2.24, 2.45) is 0 Å². The molecule has 0 bridgehead atoms. The summed E-state index contributed by atoms with van der Waals surface area (Å²) < 4.78 is 2.94. The molecule has 1 atom stereocenters. The number of nitrogens with zero attached hydrogens (tertiary/aromatic N) is 4. The van der Waals surface area contributed by atoms with E-state index in [0.29, 0.717) is 0 Å². The van der Waals surface area contributed by atoms with Gasteiger partial charge in [0.25, 0.3) is 0 Å². The summed E-state index contributed by atoms with van der Waals surface area (Å²) in [6.07, 6.45) is 5.11. The van der Waals surface area contributed by atoms with Crippen LogP contribution >= 0.6 is 15.9 Å². The van der Waals surface area contributed by atoms with Crippen molar-refractivity contribution in [2.75, 3.05) is 7.05 Å². The van der Waals surface area contributed by atoms with Crippen LogP contribution in [0.3, 0.4) is 0 Å². The van der Waals surface area contributed by atoms with E-state index in [-0.39, 0.29) is 6.04 Å². The Labute approximate surface area is 108 Å². The maximum atomic E-state index is 4.31. The number of rotatable bonds is 4. The molecule has 0 radical (unpaired) electrons. The van der Waals surface area contributed by atoms with Gasteiger partial charge in [-0.1, -0.05) is 0 Å². The normalized spacial score (nSPS) is 12.6. The molecule has 0 spiro atoms. The first-order chi connectivity index (χ1) is 8.27. The highest BCUT2D eigenvalue weighted by molar-refractivity contribution is 9.10. The van der Waals surface area contributed by atoms with Crippen LogP contribution in [0.4, 0.5) is 0 Å². The Balaban J connectivity index is 2.45. The monoisotopic (exact) mass is 295 g/mol. The molecule has 90 valence electrons. The number of hydrogen-bond acceptors (Lipinski definition) is 4. The van der Waals surface area contributed by atoms with E-state index in [9.17, 15) is 0 Å². The molecule has 0 aliphatic heterocycles. The topological polar surface area (TPSA) is 55.6 Å². The molecule has 0 aromatic carbocycles. The minimum absolute atomic E-state index is 0.00910. The van der Waals surface area contributed by atoms with E-state index < -0.39 is 0 Å². The SMILES string of the molecule is CCn1ncc(Br)c1C(NC)c1ccncn1. The third kappa shape index (κ3) is 2.37. The predicted octanol–water partition coefficient (Wildman–Crippen LogP) is 1.76. The molecular weight excluding hydrogens is 282 g/mol. The average Bonchev–Trinajstić information content (AvgIpc) is 2.74. The maximum absolute atomic E-state index is 4.31. The summed E-state index contributed by atoms with van der Waals surface area (Å²) in [6, 6.07) is 1.91. The van der Waals surface area contributed by atoms with E-state index in [0.717, 1.165) is 22.4 Å². The Morgan fingerprint density at radius 3 is 2.94 bits per heavy atom. The second kappa shape index (κ2) is 5.37. The third-order valence-corrected chi connectivity index (χ3v) is 3.21. The first-order valence-electron chi connectivity index (χ1n) is 5.42. The molecule has 1 unspecified atom stereocenters. The first kappa shape index (κ1) is 12.2. The van der Waals surface area contributed by atoms with Gasteiger partial charge < -0.3 is 5.32 Å². The quantitative estimate of drug-likeness (QED) is 0.934. The predicted molar refractivity (Wildman–Crippen MR) is 68.5 cm³/mol. The zero-order valence-corrected chi connectivity index (χ0v) is 11.3. The van der Waals surface area contributed by atoms with Crippen LogP contribution in [0.2, 0.25) is 0 Å². The van der Waals surface area contributed by atoms with Gasteiger partial charge in [0, 0.05) is 12.7 Å². The van der Waals surface area contributed by atoms with Gasteiger partial charge in [0.05, 0.1) is 28.1 Å². The second-order valence-electron chi connectivity index (χ2n) is 3.55. The van der Waals surface area contributed by atoms with E-state index in [1.165, 1.54) is 0 Å². The molecule has 0 amide bonds. The molecule has 2 aromatic heterocycles. The van der Waals surface area contributed by atoms with Gasteiger partial charge in [-0.2, -0.15) is 5.10 Å². The average molecular weight is 296 g/mol. The van der Waals surface area contributed by atoms with Crippen molar-refractivity contribution in [1.29, 1.82) is 0 Å². The van der Waals surface area contributed by atoms with Gasteiger partial charge in [-0.05, 0) is 36.0 Å². The maximum Gasteiger partial charge on any atom is 0.115 e. The zero-order valence-electron chi connectivity index (χ0n) is 9.76. The molecule has 2 rings (SSSR count). The highest BCUT2D eigenvalue weighted by Gasteiger charge is 2.20. The Kier molecular flexibility index (Phi) is 3.86. The summed E-state index contributed by atoms with van der Waals surface area (Å²) in [5.74, 6) is 0. The standard InChI is InChI=1S/C11H14BrN5/c1-3-17-11(8(12)6-16-17)10(13-2)9-4-5-14-7-15-9/h4-7,10,13H,3H2,1-2H3. The van der Waals surface area contributed by atoms with Crippen LogP contribution in [-0.2, 0) is 6.54 Å². The van der Waals surface area contributed by atoms with Gasteiger partial charge in [-0.25, -0.2) is 9.97 Å². The Hall–Kier alpha value is -1.27. The smallest absolute Gasteiger partial charge is 0.115 e. The summed E-state index contributed by atoms with van der Waals surface area (Å²) in [6.45, 7) is 2.89. The number of halogens is 1. The van der Waals surface area contributed by atoms with E-state index in [2.05, 4.69) is 43.2 Å². The van der Waals surface area contributed by atoms with Crippen molar-refractivity contribution in [1.82, 2.24) is 25.1 Å². The van der Waals surface area contributed by atoms with E-state index in [1.54, 1.807) is 12.5 Å². The van der Waals surface area contributed by atoms with Crippen molar-refractivity contribution in [2.45, 2.75) is 19.5 Å². The lowest BCUT2D eigenvalue weighted by Gasteiger charge is -2.17. The highest BCUT2D eigenvalue weighted by atomic mass is 79.9. The van der Waals surface area contributed by atoms with Crippen LogP contribution < -0.4 is 5.32 Å². The second-order valence-corrected chi connectivity index (χ2v) is 4.40. The Bertz CT molecular complexity index is 482. The fourth-order valence-electron chi connectivity index (χ4n) is 1.81. The summed E-state index contributed by atoms with van der Waals surface area (Å²) >= 11 is 3.53. The largest absolute Gasteiger partial charge is 0.307 e. The van der Waals surface area contributed by atoms with Gasteiger partial charge in [-0.3, -0.25) is 4.68 Å². The first-order valence-corrected chi connectivity index (χ1v) is 6.21. The molecule has 2 heterocycles. The molecule has 5 nitrogen and oxygen atoms in total. The van der Waals surface area contributed by atoms with Gasteiger partial charge in [0.2, 0.25) is 0 Å². The van der Waals surface area contributed by atoms with Crippen molar-refractivity contribution >= 4 is 15.9 Å². The van der Waals surface area contributed by atoms with Crippen LogP contribution in [0.25, 0.3) is 0 Å². The van der Waals surface area contributed by atoms with E-state index in [1.807, 2.05) is 24.0 Å². The molecular formula is C11H14BrN5. The Morgan fingerprint density at radius 2 is 2.35 bits per heavy atom. The lowest BCUT2D eigenvalue weighted by atomic mass is 10.1.